The number of carbonyl (C=O) groups is 1. The zero-order valence-corrected chi connectivity index (χ0v) is 18.5. The van der Waals surface area contributed by atoms with E-state index in [2.05, 4.69) is 27.0 Å². The molecule has 2 aromatic carbocycles. The second-order valence-electron chi connectivity index (χ2n) is 7.43. The summed E-state index contributed by atoms with van der Waals surface area (Å²) >= 11 is 3.52. The summed E-state index contributed by atoms with van der Waals surface area (Å²) < 4.78 is 18.9. The summed E-state index contributed by atoms with van der Waals surface area (Å²) in [5, 5.41) is 0.637. The normalized spacial score (nSPS) is 13.3. The molecule has 1 aliphatic rings. The fourth-order valence-electron chi connectivity index (χ4n) is 3.97. The number of nitrogens with zero attached hydrogens (tertiary/aromatic N) is 2. The minimum atomic E-state index is -0.255. The molecule has 0 atom stereocenters. The third-order valence-electron chi connectivity index (χ3n) is 5.47. The van der Waals surface area contributed by atoms with Crippen molar-refractivity contribution in [2.45, 2.75) is 25.2 Å². The van der Waals surface area contributed by atoms with Gasteiger partial charge in [-0.2, -0.15) is 0 Å². The lowest BCUT2D eigenvalue weighted by atomic mass is 9.87. The van der Waals surface area contributed by atoms with Gasteiger partial charge in [0.1, 0.15) is 11.6 Å². The minimum Gasteiger partial charge on any atom is -0.497 e. The number of halogens is 2. The van der Waals surface area contributed by atoms with Crippen LogP contribution in [0.15, 0.2) is 48.7 Å². The molecule has 3 aromatic rings. The lowest BCUT2D eigenvalue weighted by molar-refractivity contribution is 0.0725. The van der Waals surface area contributed by atoms with E-state index in [1.165, 1.54) is 12.1 Å². The Hall–Kier alpha value is -2.73. The summed E-state index contributed by atoms with van der Waals surface area (Å²) in [5.74, 6) is 0.458. The van der Waals surface area contributed by atoms with Gasteiger partial charge in [-0.3, -0.25) is 9.78 Å². The molecule has 1 amide bonds. The first kappa shape index (κ1) is 20.5. The molecule has 0 aliphatic carbocycles. The van der Waals surface area contributed by atoms with Crippen molar-refractivity contribution in [3.63, 3.8) is 0 Å². The van der Waals surface area contributed by atoms with Crippen LogP contribution in [0.25, 0.3) is 11.1 Å². The Bertz CT molecular complexity index is 1120. The Morgan fingerprint density at radius 3 is 2.67 bits per heavy atom. The first-order valence-electron chi connectivity index (χ1n) is 9.76. The van der Waals surface area contributed by atoms with Gasteiger partial charge in [0.15, 0.2) is 0 Å². The summed E-state index contributed by atoms with van der Waals surface area (Å²) in [5.41, 5.74) is 6.37. The molecule has 6 heteroatoms. The molecule has 1 aliphatic heterocycles. The molecule has 1 aromatic heterocycles. The van der Waals surface area contributed by atoms with E-state index in [1.54, 1.807) is 25.4 Å². The highest BCUT2D eigenvalue weighted by Crippen LogP contribution is 2.35. The quantitative estimate of drug-likeness (QED) is 0.477. The number of alkyl halides is 1. The molecule has 0 N–H and O–H groups in total. The lowest BCUT2D eigenvalue weighted by Gasteiger charge is -2.30. The number of benzene rings is 2. The monoisotopic (exact) mass is 468 g/mol. The van der Waals surface area contributed by atoms with E-state index >= 15 is 0 Å². The van der Waals surface area contributed by atoms with Crippen LogP contribution in [0.3, 0.4) is 0 Å². The first-order valence-corrected chi connectivity index (χ1v) is 10.9. The molecule has 0 radical (unpaired) electrons. The van der Waals surface area contributed by atoms with Gasteiger partial charge in [0.2, 0.25) is 0 Å². The van der Waals surface area contributed by atoms with Crippen molar-refractivity contribution in [1.29, 1.82) is 0 Å². The number of pyridine rings is 1. The third kappa shape index (κ3) is 3.97. The second-order valence-corrected chi connectivity index (χ2v) is 7.99. The van der Waals surface area contributed by atoms with Gasteiger partial charge in [0.05, 0.1) is 19.3 Å². The SMILES string of the molecule is COc1ccnc(CN2CCc3c(cc(CBr)cc3-c3ccc(F)cc3C)C2=O)c1. The van der Waals surface area contributed by atoms with E-state index in [1.807, 2.05) is 24.0 Å². The maximum atomic E-state index is 13.6. The molecular formula is C24H22BrFN2O2. The maximum absolute atomic E-state index is 13.6. The average Bonchev–Trinajstić information content (AvgIpc) is 2.75. The smallest absolute Gasteiger partial charge is 0.254 e. The Labute approximate surface area is 183 Å². The number of hydrogen-bond donors (Lipinski definition) is 0. The van der Waals surface area contributed by atoms with Gasteiger partial charge in [0, 0.05) is 29.7 Å². The Balaban J connectivity index is 1.72. The van der Waals surface area contributed by atoms with E-state index in [4.69, 9.17) is 4.74 Å². The average molecular weight is 469 g/mol. The van der Waals surface area contributed by atoms with E-state index in [-0.39, 0.29) is 11.7 Å². The number of hydrogen-bond acceptors (Lipinski definition) is 3. The molecule has 0 saturated carbocycles. The number of methoxy groups -OCH3 is 1. The van der Waals surface area contributed by atoms with Gasteiger partial charge in [-0.25, -0.2) is 4.39 Å². The van der Waals surface area contributed by atoms with E-state index in [9.17, 15) is 9.18 Å². The Morgan fingerprint density at radius 1 is 1.13 bits per heavy atom. The molecule has 0 saturated heterocycles. The van der Waals surface area contributed by atoms with Gasteiger partial charge in [-0.1, -0.05) is 22.0 Å². The zero-order chi connectivity index (χ0) is 21.3. The molecule has 30 heavy (non-hydrogen) atoms. The van der Waals surface area contributed by atoms with Crippen molar-refractivity contribution < 1.29 is 13.9 Å². The lowest BCUT2D eigenvalue weighted by Crippen LogP contribution is -2.37. The van der Waals surface area contributed by atoms with Crippen molar-refractivity contribution in [1.82, 2.24) is 9.88 Å². The molecule has 0 fully saturated rings. The van der Waals surface area contributed by atoms with Crippen LogP contribution in [-0.4, -0.2) is 29.4 Å². The van der Waals surface area contributed by atoms with Crippen molar-refractivity contribution in [2.75, 3.05) is 13.7 Å². The van der Waals surface area contributed by atoms with Gasteiger partial charge >= 0.3 is 0 Å². The topological polar surface area (TPSA) is 42.4 Å². The molecule has 0 spiro atoms. The summed E-state index contributed by atoms with van der Waals surface area (Å²) in [6.07, 6.45) is 2.43. The molecule has 154 valence electrons. The van der Waals surface area contributed by atoms with Gasteiger partial charge < -0.3 is 9.64 Å². The number of fused-ring (bicyclic) bond motifs is 1. The van der Waals surface area contributed by atoms with E-state index in [0.29, 0.717) is 24.0 Å². The van der Waals surface area contributed by atoms with Crippen molar-refractivity contribution >= 4 is 21.8 Å². The molecule has 4 nitrogen and oxygen atoms in total. The highest BCUT2D eigenvalue weighted by atomic mass is 79.9. The standard InChI is InChI=1S/C24H22BrFN2O2/c1-15-9-17(26)3-4-20(15)22-10-16(13-25)11-23-21(22)6-8-28(24(23)29)14-18-12-19(30-2)5-7-27-18/h3-5,7,9-12H,6,8,13-14H2,1-2H3. The predicted molar refractivity (Wildman–Crippen MR) is 118 cm³/mol. The fraction of sp³-hybridized carbons (Fsp3) is 0.250. The van der Waals surface area contributed by atoms with Crippen molar-refractivity contribution in [3.05, 3.63) is 82.4 Å². The molecule has 4 rings (SSSR count). The predicted octanol–water partition coefficient (Wildman–Crippen LogP) is 5.30. The summed E-state index contributed by atoms with van der Waals surface area (Å²) in [6, 6.07) is 12.5. The number of ether oxygens (including phenoxy) is 1. The number of carbonyl (C=O) groups excluding carboxylic acids is 1. The Kier molecular flexibility index (Phi) is 5.86. The minimum absolute atomic E-state index is 0.00955. The molecular weight excluding hydrogens is 447 g/mol. The van der Waals surface area contributed by atoms with Crippen LogP contribution in [-0.2, 0) is 18.3 Å². The number of amides is 1. The zero-order valence-electron chi connectivity index (χ0n) is 16.9. The van der Waals surface area contributed by atoms with Gasteiger partial charge in [-0.15, -0.1) is 0 Å². The van der Waals surface area contributed by atoms with Crippen molar-refractivity contribution in [3.8, 4) is 16.9 Å². The van der Waals surface area contributed by atoms with Crippen LogP contribution in [0, 0.1) is 12.7 Å². The number of aryl methyl sites for hydroxylation is 1. The fourth-order valence-corrected chi connectivity index (χ4v) is 4.30. The number of aromatic nitrogens is 1. The molecule has 0 unspecified atom stereocenters. The summed E-state index contributed by atoms with van der Waals surface area (Å²) in [6.45, 7) is 2.93. The maximum Gasteiger partial charge on any atom is 0.254 e. The van der Waals surface area contributed by atoms with Crippen LogP contribution in [0.1, 0.15) is 32.7 Å². The van der Waals surface area contributed by atoms with Gasteiger partial charge in [-0.05, 0) is 71.5 Å². The van der Waals surface area contributed by atoms with E-state index < -0.39 is 0 Å². The highest BCUT2D eigenvalue weighted by molar-refractivity contribution is 9.08. The third-order valence-corrected chi connectivity index (χ3v) is 6.12. The first-order chi connectivity index (χ1) is 14.5. The van der Waals surface area contributed by atoms with E-state index in [0.717, 1.165) is 45.7 Å². The van der Waals surface area contributed by atoms with Gasteiger partial charge in [0.25, 0.3) is 5.91 Å². The summed E-state index contributed by atoms with van der Waals surface area (Å²) in [7, 11) is 1.61. The van der Waals surface area contributed by atoms with Crippen LogP contribution in [0.4, 0.5) is 4.39 Å². The molecule has 0 bridgehead atoms. The van der Waals surface area contributed by atoms with Crippen molar-refractivity contribution in [2.24, 2.45) is 0 Å². The van der Waals surface area contributed by atoms with Crippen LogP contribution in [0.5, 0.6) is 5.75 Å². The summed E-state index contributed by atoms with van der Waals surface area (Å²) in [4.78, 5) is 19.6. The number of rotatable bonds is 5. The largest absolute Gasteiger partial charge is 0.497 e. The van der Waals surface area contributed by atoms with Crippen LogP contribution < -0.4 is 4.74 Å². The Morgan fingerprint density at radius 2 is 1.93 bits per heavy atom. The van der Waals surface area contributed by atoms with Crippen LogP contribution >= 0.6 is 15.9 Å². The van der Waals surface area contributed by atoms with Crippen LogP contribution in [0.2, 0.25) is 0 Å². The highest BCUT2D eigenvalue weighted by Gasteiger charge is 2.28. The molecule has 2 heterocycles. The second kappa shape index (κ2) is 8.56.